The van der Waals surface area contributed by atoms with Crippen LogP contribution < -0.4 is 29.9 Å². The highest BCUT2D eigenvalue weighted by Crippen LogP contribution is 2.28. The Labute approximate surface area is 382 Å². The number of hydrogen-bond acceptors (Lipinski definition) is 10. The normalized spacial score (nSPS) is 14.7. The van der Waals surface area contributed by atoms with E-state index in [1.165, 1.54) is 0 Å². The molecule has 2 fully saturated rings. The predicted octanol–water partition coefficient (Wildman–Crippen LogP) is 9.14. The number of benzene rings is 4. The zero-order valence-corrected chi connectivity index (χ0v) is 38.9. The molecular weight excluding hydrogens is 824 g/mol. The molecule has 0 aliphatic carbocycles. The zero-order chi connectivity index (χ0) is 45.3. The number of nitrogens with one attached hydrogen (secondary N) is 2. The van der Waals surface area contributed by atoms with Gasteiger partial charge in [0.25, 0.3) is 11.8 Å². The molecule has 4 heterocycles. The highest BCUT2D eigenvalue weighted by molar-refractivity contribution is 6.30. The maximum Gasteiger partial charge on any atom is 0.262 e. The minimum absolute atomic E-state index is 0.0282. The van der Waals surface area contributed by atoms with E-state index >= 15 is 0 Å². The van der Waals surface area contributed by atoms with Gasteiger partial charge in [-0.25, -0.2) is 9.97 Å². The van der Waals surface area contributed by atoms with Crippen molar-refractivity contribution in [1.29, 1.82) is 0 Å². The molecule has 64 heavy (non-hydrogen) atoms. The van der Waals surface area contributed by atoms with Gasteiger partial charge < -0.3 is 29.9 Å². The lowest BCUT2D eigenvalue weighted by molar-refractivity contribution is -0.118. The van der Waals surface area contributed by atoms with Crippen molar-refractivity contribution >= 4 is 68.2 Å². The highest BCUT2D eigenvalue weighted by Gasteiger charge is 2.22. The maximum atomic E-state index is 12.3. The molecule has 336 valence electrons. The van der Waals surface area contributed by atoms with E-state index in [9.17, 15) is 9.59 Å². The van der Waals surface area contributed by atoms with Crippen LogP contribution in [0.15, 0.2) is 97.1 Å². The number of anilines is 4. The lowest BCUT2D eigenvalue weighted by Gasteiger charge is -2.37. The second kappa shape index (κ2) is 21.2. The van der Waals surface area contributed by atoms with Crippen LogP contribution in [0.1, 0.15) is 44.4 Å². The summed E-state index contributed by atoms with van der Waals surface area (Å²) in [6, 6.07) is 31.7. The number of piperazine rings is 2. The van der Waals surface area contributed by atoms with E-state index in [4.69, 9.17) is 31.0 Å². The van der Waals surface area contributed by atoms with Crippen LogP contribution in [0.3, 0.4) is 0 Å². The van der Waals surface area contributed by atoms with Gasteiger partial charge in [0.05, 0.1) is 11.0 Å². The zero-order valence-electron chi connectivity index (χ0n) is 38.2. The number of carbonyl (C=O) groups is 2. The number of aryl methyl sites for hydroxylation is 3. The second-order valence-electron chi connectivity index (χ2n) is 17.2. The van der Waals surface area contributed by atoms with Gasteiger partial charge in [-0.1, -0.05) is 29.3 Å². The number of aromatic nitrogens is 2. The molecule has 4 aromatic carbocycles. The monoisotopic (exact) mass is 884 g/mol. The van der Waals surface area contributed by atoms with Gasteiger partial charge in [-0.3, -0.25) is 19.4 Å². The van der Waals surface area contributed by atoms with Crippen LogP contribution in [0.2, 0.25) is 5.02 Å². The Morgan fingerprint density at radius 2 is 0.953 bits per heavy atom. The largest absolute Gasteiger partial charge is 0.484 e. The molecule has 2 N–H and O–H groups in total. The molecule has 2 aromatic heterocycles. The van der Waals surface area contributed by atoms with Gasteiger partial charge in [0.15, 0.2) is 13.2 Å². The first-order chi connectivity index (χ1) is 30.8. The summed E-state index contributed by atoms with van der Waals surface area (Å²) in [6.45, 7) is 23.3. The van der Waals surface area contributed by atoms with Crippen LogP contribution in [0, 0.1) is 20.8 Å². The molecule has 13 heteroatoms. The van der Waals surface area contributed by atoms with Crippen molar-refractivity contribution in [2.45, 2.75) is 60.5 Å². The van der Waals surface area contributed by atoms with Crippen molar-refractivity contribution in [2.75, 3.05) is 86.0 Å². The fourth-order valence-electron chi connectivity index (χ4n) is 8.02. The molecule has 6 aromatic rings. The number of nitrogens with zero attached hydrogens (tertiary/aromatic N) is 6. The Bertz CT molecular complexity index is 2360. The SMILES string of the molecule is Cc1cc(N2CCN(C(C)C)CC2)nc2ccc(NC(=O)COc3ccc(Cl)cc3)cc12.Cc1ccc(OCC(=O)Nc2ccc3nc(N4CCN(C(C)C)CC4)cc(C)c3c2)cc1. The van der Waals surface area contributed by atoms with Gasteiger partial charge in [-0.15, -0.1) is 0 Å². The Kier molecular flexibility index (Phi) is 15.2. The summed E-state index contributed by atoms with van der Waals surface area (Å²) in [5, 5.41) is 8.54. The average Bonchev–Trinajstić information content (AvgIpc) is 3.29. The highest BCUT2D eigenvalue weighted by atomic mass is 35.5. The Hall–Kier alpha value is -5.95. The molecule has 2 aliphatic rings. The van der Waals surface area contributed by atoms with Gasteiger partial charge >= 0.3 is 0 Å². The van der Waals surface area contributed by atoms with Gasteiger partial charge in [0.2, 0.25) is 0 Å². The van der Waals surface area contributed by atoms with Crippen molar-refractivity contribution in [1.82, 2.24) is 19.8 Å². The topological polar surface area (TPSA) is 115 Å². The van der Waals surface area contributed by atoms with Gasteiger partial charge in [-0.05, 0) is 145 Å². The summed E-state index contributed by atoms with van der Waals surface area (Å²) in [5.41, 5.74) is 6.81. The summed E-state index contributed by atoms with van der Waals surface area (Å²) in [5.74, 6) is 2.93. The minimum atomic E-state index is -0.218. The second-order valence-corrected chi connectivity index (χ2v) is 17.7. The summed E-state index contributed by atoms with van der Waals surface area (Å²) >= 11 is 5.87. The van der Waals surface area contributed by atoms with Gasteiger partial charge in [0, 0.05) is 91.6 Å². The van der Waals surface area contributed by atoms with Crippen molar-refractivity contribution in [2.24, 2.45) is 0 Å². The number of ether oxygens (including phenoxy) is 2. The van der Waals surface area contributed by atoms with E-state index in [1.807, 2.05) is 67.6 Å². The van der Waals surface area contributed by atoms with E-state index in [1.54, 1.807) is 24.3 Å². The van der Waals surface area contributed by atoms with Gasteiger partial charge in [0.1, 0.15) is 23.1 Å². The maximum absolute atomic E-state index is 12.3. The lowest BCUT2D eigenvalue weighted by Crippen LogP contribution is -2.49. The molecule has 0 radical (unpaired) electrons. The van der Waals surface area contributed by atoms with Crippen molar-refractivity contribution in [3.63, 3.8) is 0 Å². The molecular formula is C51H61ClN8O4. The van der Waals surface area contributed by atoms with Crippen LogP contribution in [-0.2, 0) is 9.59 Å². The molecule has 2 aliphatic heterocycles. The summed E-state index contributed by atoms with van der Waals surface area (Å²) in [6.07, 6.45) is 0. The summed E-state index contributed by atoms with van der Waals surface area (Å²) in [7, 11) is 0. The van der Waals surface area contributed by atoms with E-state index < -0.39 is 0 Å². The van der Waals surface area contributed by atoms with Crippen LogP contribution in [0.25, 0.3) is 21.8 Å². The van der Waals surface area contributed by atoms with Crippen molar-refractivity contribution in [3.05, 3.63) is 119 Å². The first kappa shape index (κ1) is 46.1. The minimum Gasteiger partial charge on any atom is -0.484 e. The number of rotatable bonds is 12. The first-order valence-corrected chi connectivity index (χ1v) is 22.6. The van der Waals surface area contributed by atoms with Crippen molar-refractivity contribution in [3.8, 4) is 11.5 Å². The third-order valence-corrected chi connectivity index (χ3v) is 12.1. The smallest absolute Gasteiger partial charge is 0.262 e. The molecule has 0 spiro atoms. The third kappa shape index (κ3) is 12.2. The van der Waals surface area contributed by atoms with Crippen LogP contribution in [0.5, 0.6) is 11.5 Å². The summed E-state index contributed by atoms with van der Waals surface area (Å²) in [4.78, 5) is 44.2. The molecule has 12 nitrogen and oxygen atoms in total. The quantitative estimate of drug-likeness (QED) is 0.123. The van der Waals surface area contributed by atoms with E-state index in [-0.39, 0.29) is 25.0 Å². The Morgan fingerprint density at radius 3 is 1.34 bits per heavy atom. The van der Waals surface area contributed by atoms with Crippen LogP contribution in [-0.4, -0.2) is 109 Å². The molecule has 0 saturated carbocycles. The Morgan fingerprint density at radius 1 is 0.562 bits per heavy atom. The number of fused-ring (bicyclic) bond motifs is 2. The van der Waals surface area contributed by atoms with E-state index in [0.717, 1.165) is 114 Å². The third-order valence-electron chi connectivity index (χ3n) is 11.9. The molecule has 0 unspecified atom stereocenters. The van der Waals surface area contributed by atoms with Gasteiger partial charge in [-0.2, -0.15) is 0 Å². The molecule has 2 amide bonds. The first-order valence-electron chi connectivity index (χ1n) is 22.3. The number of hydrogen-bond donors (Lipinski definition) is 2. The molecule has 0 atom stereocenters. The lowest BCUT2D eigenvalue weighted by atomic mass is 10.1. The van der Waals surface area contributed by atoms with Crippen LogP contribution in [0.4, 0.5) is 23.0 Å². The molecule has 0 bridgehead atoms. The van der Waals surface area contributed by atoms with Crippen molar-refractivity contribution < 1.29 is 19.1 Å². The predicted molar refractivity (Wildman–Crippen MR) is 262 cm³/mol. The standard InChI is InChI=1S/C26H32N4O2.C25H29ClN4O2/c1-18(2)29-11-13-30(14-12-29)25-15-20(4)23-16-21(7-10-24(23)28-25)27-26(31)17-32-22-8-5-19(3)6-9-22;1-17(2)29-10-12-30(13-11-29)24-14-18(3)22-15-20(6-9-23(22)28-24)27-25(31)16-32-21-7-4-19(26)5-8-21/h5-10,15-16,18H,11-14,17H2,1-4H3,(H,27,31);4-9,14-15,17H,10-13,16H2,1-3H3,(H,27,31). The number of carbonyl (C=O) groups excluding carboxylic acids is 2. The van der Waals surface area contributed by atoms with E-state index in [0.29, 0.717) is 28.6 Å². The fraction of sp³-hybridized carbons (Fsp3) is 0.373. The average molecular weight is 886 g/mol. The summed E-state index contributed by atoms with van der Waals surface area (Å²) < 4.78 is 11.1. The Balaban J connectivity index is 0.000000191. The fourth-order valence-corrected chi connectivity index (χ4v) is 8.15. The number of halogens is 1. The molecule has 2 saturated heterocycles. The number of amides is 2. The van der Waals surface area contributed by atoms with E-state index in [2.05, 4.69) is 83.9 Å². The number of pyridine rings is 2. The van der Waals surface area contributed by atoms with Crippen LogP contribution >= 0.6 is 11.6 Å². The molecule has 8 rings (SSSR count).